The van der Waals surface area contributed by atoms with Gasteiger partial charge in [-0.2, -0.15) is 0 Å². The number of carboxylic acid groups (broad SMARTS) is 1. The highest BCUT2D eigenvalue weighted by Crippen LogP contribution is 2.32. The van der Waals surface area contributed by atoms with Crippen molar-refractivity contribution < 1.29 is 23.4 Å². The van der Waals surface area contributed by atoms with Crippen molar-refractivity contribution in [3.8, 4) is 17.0 Å². The van der Waals surface area contributed by atoms with Crippen molar-refractivity contribution in [1.29, 1.82) is 0 Å². The number of alkyl halides is 2. The summed E-state index contributed by atoms with van der Waals surface area (Å²) in [6.45, 7) is 5.90. The molecule has 2 rings (SSSR count). The first-order valence-corrected chi connectivity index (χ1v) is 9.13. The van der Waals surface area contributed by atoms with Gasteiger partial charge in [-0.05, 0) is 43.0 Å². The highest BCUT2D eigenvalue weighted by atomic mass is 19.3. The minimum atomic E-state index is -2.80. The van der Waals surface area contributed by atoms with Gasteiger partial charge in [0.15, 0.2) is 0 Å². The Morgan fingerprint density at radius 3 is 2.59 bits per heavy atom. The second-order valence-corrected chi connectivity index (χ2v) is 7.70. The molecule has 158 valence electrons. The summed E-state index contributed by atoms with van der Waals surface area (Å²) < 4.78 is 32.8. The molecule has 7 nitrogen and oxygen atoms in total. The van der Waals surface area contributed by atoms with Crippen LogP contribution in [0.5, 0.6) is 5.88 Å². The van der Waals surface area contributed by atoms with E-state index in [2.05, 4.69) is 9.97 Å². The summed E-state index contributed by atoms with van der Waals surface area (Å²) in [6.07, 6.45) is -0.503. The van der Waals surface area contributed by atoms with Crippen LogP contribution in [0.15, 0.2) is 30.6 Å². The minimum Gasteiger partial charge on any atom is -0.475 e. The van der Waals surface area contributed by atoms with Crippen molar-refractivity contribution in [2.24, 2.45) is 11.7 Å². The van der Waals surface area contributed by atoms with E-state index >= 15 is 0 Å². The van der Waals surface area contributed by atoms with Gasteiger partial charge in [0.05, 0.1) is 5.56 Å². The van der Waals surface area contributed by atoms with E-state index in [0.717, 1.165) is 4.90 Å². The molecule has 2 aromatic rings. The Morgan fingerprint density at radius 2 is 2.00 bits per heavy atom. The molecule has 0 aliphatic carbocycles. The number of hydrogen-bond donors (Lipinski definition) is 2. The maximum Gasteiger partial charge on any atom is 0.412 e. The van der Waals surface area contributed by atoms with Crippen LogP contribution in [0.3, 0.4) is 0 Å². The highest BCUT2D eigenvalue weighted by molar-refractivity contribution is 5.85. The molecule has 1 atom stereocenters. The summed E-state index contributed by atoms with van der Waals surface area (Å²) >= 11 is 0. The maximum atomic E-state index is 13.6. The van der Waals surface area contributed by atoms with Crippen molar-refractivity contribution in [1.82, 2.24) is 9.97 Å². The number of hydrogen-bond acceptors (Lipinski definition) is 5. The first kappa shape index (κ1) is 22.5. The number of nitrogens with two attached hydrogens (primary N) is 1. The molecule has 0 bridgehead atoms. The van der Waals surface area contributed by atoms with Gasteiger partial charge in [-0.25, -0.2) is 23.5 Å². The van der Waals surface area contributed by atoms with Gasteiger partial charge in [0, 0.05) is 30.5 Å². The third-order valence-corrected chi connectivity index (χ3v) is 4.24. The van der Waals surface area contributed by atoms with Crippen molar-refractivity contribution in [3.63, 3.8) is 0 Å². The Morgan fingerprint density at radius 1 is 1.31 bits per heavy atom. The first-order chi connectivity index (χ1) is 13.5. The van der Waals surface area contributed by atoms with E-state index in [4.69, 9.17) is 15.6 Å². The van der Waals surface area contributed by atoms with Gasteiger partial charge in [-0.15, -0.1) is 0 Å². The summed E-state index contributed by atoms with van der Waals surface area (Å²) in [7, 11) is 1.34. The normalized spacial score (nSPS) is 13.4. The van der Waals surface area contributed by atoms with E-state index in [1.54, 1.807) is 13.0 Å². The molecule has 0 spiro atoms. The lowest BCUT2D eigenvalue weighted by Gasteiger charge is -2.26. The van der Waals surface area contributed by atoms with Crippen molar-refractivity contribution >= 4 is 11.9 Å². The Labute approximate surface area is 168 Å². The molecule has 0 radical (unpaired) electrons. The molecule has 0 aliphatic heterocycles. The average Bonchev–Trinajstić information content (AvgIpc) is 2.64. The molecular weight excluding hydrogens is 382 g/mol. The Balaban J connectivity index is 2.30. The van der Waals surface area contributed by atoms with Crippen LogP contribution in [0.1, 0.15) is 39.2 Å². The molecule has 2 heterocycles. The molecule has 29 heavy (non-hydrogen) atoms. The maximum absolute atomic E-state index is 13.6. The Kier molecular flexibility index (Phi) is 7.07. The average molecular weight is 408 g/mol. The van der Waals surface area contributed by atoms with E-state index in [0.29, 0.717) is 23.5 Å². The minimum absolute atomic E-state index is 0.0556. The van der Waals surface area contributed by atoms with E-state index in [1.807, 2.05) is 13.8 Å². The number of rotatable bonds is 8. The predicted molar refractivity (Wildman–Crippen MR) is 106 cm³/mol. The van der Waals surface area contributed by atoms with E-state index in [1.165, 1.54) is 31.6 Å². The predicted octanol–water partition coefficient (Wildman–Crippen LogP) is 4.34. The highest BCUT2D eigenvalue weighted by Gasteiger charge is 2.24. The van der Waals surface area contributed by atoms with Crippen LogP contribution in [0, 0.1) is 5.92 Å². The zero-order chi connectivity index (χ0) is 21.8. The lowest BCUT2D eigenvalue weighted by atomic mass is 9.93. The van der Waals surface area contributed by atoms with Crippen LogP contribution in [0.4, 0.5) is 19.4 Å². The van der Waals surface area contributed by atoms with Gasteiger partial charge in [0.1, 0.15) is 12.4 Å². The Hall–Kier alpha value is -2.81. The van der Waals surface area contributed by atoms with Gasteiger partial charge >= 0.3 is 6.09 Å². The number of ether oxygens (including phenoxy) is 1. The standard InChI is InChI=1S/C20H26F2N4O3/c1-12(2)9-20(3,23)11-29-18-15(17(21)22)7-14(10-25-18)13-5-6-24-16(8-13)26(4)19(27)28/h5-8,10,12,17H,9,11,23H2,1-4H3,(H,27,28)/t20-/m1/s1. The zero-order valence-corrected chi connectivity index (χ0v) is 16.9. The third-order valence-electron chi connectivity index (χ3n) is 4.24. The SMILES string of the molecule is CC(C)C[C@@](C)(N)COc1ncc(-c2ccnc(N(C)C(=O)O)c2)cc1C(F)F. The quantitative estimate of drug-likeness (QED) is 0.674. The molecule has 9 heteroatoms. The second kappa shape index (κ2) is 9.13. The largest absolute Gasteiger partial charge is 0.475 e. The summed E-state index contributed by atoms with van der Waals surface area (Å²) in [5, 5.41) is 9.08. The van der Waals surface area contributed by atoms with Gasteiger partial charge in [0.2, 0.25) is 5.88 Å². The molecule has 0 saturated heterocycles. The summed E-state index contributed by atoms with van der Waals surface area (Å²) in [4.78, 5) is 20.1. The van der Waals surface area contributed by atoms with Crippen LogP contribution in [-0.4, -0.2) is 40.4 Å². The van der Waals surface area contributed by atoms with E-state index in [-0.39, 0.29) is 23.9 Å². The molecule has 0 saturated carbocycles. The van der Waals surface area contributed by atoms with Crippen molar-refractivity contribution in [2.45, 2.75) is 39.2 Å². The van der Waals surface area contributed by atoms with Crippen LogP contribution in [0.2, 0.25) is 0 Å². The number of anilines is 1. The van der Waals surface area contributed by atoms with Gasteiger partial charge in [-0.3, -0.25) is 4.90 Å². The van der Waals surface area contributed by atoms with Crippen molar-refractivity contribution in [2.75, 3.05) is 18.6 Å². The first-order valence-electron chi connectivity index (χ1n) is 9.13. The van der Waals surface area contributed by atoms with E-state index < -0.39 is 18.1 Å². The second-order valence-electron chi connectivity index (χ2n) is 7.70. The van der Waals surface area contributed by atoms with Crippen LogP contribution >= 0.6 is 0 Å². The fourth-order valence-corrected chi connectivity index (χ4v) is 3.01. The number of nitrogens with zero attached hydrogens (tertiary/aromatic N) is 3. The van der Waals surface area contributed by atoms with Crippen LogP contribution in [0.25, 0.3) is 11.1 Å². The molecule has 0 fully saturated rings. The third kappa shape index (κ3) is 6.08. The number of pyridine rings is 2. The molecule has 0 aliphatic rings. The monoisotopic (exact) mass is 408 g/mol. The fraction of sp³-hybridized carbons (Fsp3) is 0.450. The smallest absolute Gasteiger partial charge is 0.412 e. The van der Waals surface area contributed by atoms with E-state index in [9.17, 15) is 13.6 Å². The number of halogens is 2. The van der Waals surface area contributed by atoms with Gasteiger partial charge < -0.3 is 15.6 Å². The molecule has 3 N–H and O–H groups in total. The molecule has 0 aromatic carbocycles. The summed E-state index contributed by atoms with van der Waals surface area (Å²) in [5.41, 5.74) is 6.06. The number of amides is 1. The zero-order valence-electron chi connectivity index (χ0n) is 16.9. The van der Waals surface area contributed by atoms with Crippen LogP contribution in [-0.2, 0) is 0 Å². The number of aromatic nitrogens is 2. The summed E-state index contributed by atoms with van der Waals surface area (Å²) in [5.74, 6) is 0.339. The lowest BCUT2D eigenvalue weighted by Crippen LogP contribution is -2.43. The van der Waals surface area contributed by atoms with Gasteiger partial charge in [-0.1, -0.05) is 13.8 Å². The molecule has 1 amide bonds. The molecule has 0 unspecified atom stereocenters. The van der Waals surface area contributed by atoms with Gasteiger partial charge in [0.25, 0.3) is 6.43 Å². The van der Waals surface area contributed by atoms with Crippen LogP contribution < -0.4 is 15.4 Å². The lowest BCUT2D eigenvalue weighted by molar-refractivity contribution is 0.137. The molecule has 2 aromatic heterocycles. The topological polar surface area (TPSA) is 102 Å². The fourth-order valence-electron chi connectivity index (χ4n) is 3.01. The summed E-state index contributed by atoms with van der Waals surface area (Å²) in [6, 6.07) is 4.36. The Bertz CT molecular complexity index is 859. The number of carbonyl (C=O) groups is 1. The molecular formula is C20H26F2N4O3. The van der Waals surface area contributed by atoms with Crippen molar-refractivity contribution in [3.05, 3.63) is 36.2 Å².